The second kappa shape index (κ2) is 6.25. The molecule has 1 aliphatic heterocycles. The fourth-order valence-electron chi connectivity index (χ4n) is 3.41. The number of carbonyl (C=O) groups is 1. The van der Waals surface area contributed by atoms with Crippen LogP contribution in [0.15, 0.2) is 36.7 Å². The van der Waals surface area contributed by atoms with Gasteiger partial charge in [-0.15, -0.1) is 0 Å². The minimum atomic E-state index is 0.0488. The van der Waals surface area contributed by atoms with Gasteiger partial charge < -0.3 is 19.5 Å². The maximum Gasteiger partial charge on any atom is 0.270 e. The number of aromatic amines is 1. The lowest BCUT2D eigenvalue weighted by atomic mass is 10.1. The van der Waals surface area contributed by atoms with Crippen LogP contribution in [-0.2, 0) is 7.05 Å². The largest absolute Gasteiger partial charge is 0.497 e. The van der Waals surface area contributed by atoms with Crippen LogP contribution in [0, 0.1) is 0 Å². The van der Waals surface area contributed by atoms with Crippen molar-refractivity contribution in [1.29, 1.82) is 0 Å². The minimum Gasteiger partial charge on any atom is -0.497 e. The molecule has 130 valence electrons. The first kappa shape index (κ1) is 15.7. The number of fused-ring (bicyclic) bond motifs is 1. The zero-order valence-electron chi connectivity index (χ0n) is 14.3. The van der Waals surface area contributed by atoms with Crippen molar-refractivity contribution in [3.05, 3.63) is 47.9 Å². The summed E-state index contributed by atoms with van der Waals surface area (Å²) in [5.74, 6) is 0.836. The van der Waals surface area contributed by atoms with Crippen molar-refractivity contribution < 1.29 is 9.53 Å². The fourth-order valence-corrected chi connectivity index (χ4v) is 3.41. The molecule has 1 amide bonds. The number of nitrogens with zero attached hydrogens (tertiary/aromatic N) is 3. The van der Waals surface area contributed by atoms with E-state index in [-0.39, 0.29) is 11.9 Å². The van der Waals surface area contributed by atoms with Crippen molar-refractivity contribution in [1.82, 2.24) is 25.0 Å². The molecular formula is C18H21N5O2. The summed E-state index contributed by atoms with van der Waals surface area (Å²) in [5, 5.41) is 11.3. The lowest BCUT2D eigenvalue weighted by molar-refractivity contribution is 0.0693. The number of hydrogen-bond acceptors (Lipinski definition) is 4. The Morgan fingerprint density at radius 1 is 1.36 bits per heavy atom. The third-order valence-electron chi connectivity index (χ3n) is 4.86. The van der Waals surface area contributed by atoms with E-state index in [1.54, 1.807) is 13.3 Å². The third-order valence-corrected chi connectivity index (χ3v) is 4.86. The first-order valence-corrected chi connectivity index (χ1v) is 8.32. The van der Waals surface area contributed by atoms with E-state index in [9.17, 15) is 4.79 Å². The van der Waals surface area contributed by atoms with Crippen molar-refractivity contribution in [2.24, 2.45) is 7.05 Å². The first-order valence-electron chi connectivity index (χ1n) is 8.32. The lowest BCUT2D eigenvalue weighted by Crippen LogP contribution is -2.48. The molecule has 25 heavy (non-hydrogen) atoms. The molecule has 2 N–H and O–H groups in total. The summed E-state index contributed by atoms with van der Waals surface area (Å²) >= 11 is 0. The molecule has 0 saturated carbocycles. The third kappa shape index (κ3) is 2.76. The van der Waals surface area contributed by atoms with E-state index < -0.39 is 0 Å². The maximum absolute atomic E-state index is 13.1. The van der Waals surface area contributed by atoms with E-state index in [2.05, 4.69) is 15.5 Å². The van der Waals surface area contributed by atoms with Crippen molar-refractivity contribution >= 4 is 16.8 Å². The molecule has 2 aromatic heterocycles. The van der Waals surface area contributed by atoms with Gasteiger partial charge in [-0.05, 0) is 18.2 Å². The Morgan fingerprint density at radius 3 is 3.00 bits per heavy atom. The topological polar surface area (TPSA) is 75.2 Å². The van der Waals surface area contributed by atoms with Crippen LogP contribution in [0.4, 0.5) is 0 Å². The quantitative estimate of drug-likeness (QED) is 0.762. The van der Waals surface area contributed by atoms with Crippen LogP contribution >= 0.6 is 0 Å². The van der Waals surface area contributed by atoms with Gasteiger partial charge in [-0.3, -0.25) is 9.89 Å². The smallest absolute Gasteiger partial charge is 0.270 e. The van der Waals surface area contributed by atoms with Crippen LogP contribution in [0.2, 0.25) is 0 Å². The highest BCUT2D eigenvalue weighted by atomic mass is 16.5. The highest BCUT2D eigenvalue weighted by molar-refractivity contribution is 5.99. The Hall–Kier alpha value is -2.80. The molecule has 3 aromatic rings. The summed E-state index contributed by atoms with van der Waals surface area (Å²) in [6.07, 6.45) is 3.67. The summed E-state index contributed by atoms with van der Waals surface area (Å²) in [7, 11) is 3.57. The molecule has 1 unspecified atom stereocenters. The SMILES string of the molecule is COc1ccc2cc(C(=O)N3CCNC(c4cn[nH]c4)C3)n(C)c2c1. The molecule has 7 nitrogen and oxygen atoms in total. The number of amides is 1. The Morgan fingerprint density at radius 2 is 2.24 bits per heavy atom. The van der Waals surface area contributed by atoms with Crippen LogP contribution < -0.4 is 10.1 Å². The monoisotopic (exact) mass is 339 g/mol. The van der Waals surface area contributed by atoms with Gasteiger partial charge in [-0.1, -0.05) is 0 Å². The van der Waals surface area contributed by atoms with Gasteiger partial charge >= 0.3 is 0 Å². The van der Waals surface area contributed by atoms with Crippen molar-refractivity contribution in [2.45, 2.75) is 6.04 Å². The van der Waals surface area contributed by atoms with Gasteiger partial charge in [0, 0.05) is 49.9 Å². The Labute approximate surface area is 145 Å². The van der Waals surface area contributed by atoms with E-state index in [0.29, 0.717) is 18.8 Å². The molecular weight excluding hydrogens is 318 g/mol. The van der Waals surface area contributed by atoms with Crippen LogP contribution in [0.3, 0.4) is 0 Å². The molecule has 0 radical (unpaired) electrons. The Kier molecular flexibility index (Phi) is 3.93. The van der Waals surface area contributed by atoms with E-state index >= 15 is 0 Å². The molecule has 7 heteroatoms. The van der Waals surface area contributed by atoms with Gasteiger partial charge in [0.05, 0.1) is 24.9 Å². The number of hydrogen-bond donors (Lipinski definition) is 2. The van der Waals surface area contributed by atoms with Crippen LogP contribution in [0.1, 0.15) is 22.1 Å². The maximum atomic E-state index is 13.1. The second-order valence-corrected chi connectivity index (χ2v) is 6.30. The number of ether oxygens (including phenoxy) is 1. The van der Waals surface area contributed by atoms with Gasteiger partial charge in [0.15, 0.2) is 0 Å². The predicted molar refractivity (Wildman–Crippen MR) is 94.7 cm³/mol. The van der Waals surface area contributed by atoms with Crippen LogP contribution in [0.25, 0.3) is 10.9 Å². The normalized spacial score (nSPS) is 17.8. The summed E-state index contributed by atoms with van der Waals surface area (Å²) in [6.45, 7) is 2.08. The Bertz CT molecular complexity index is 900. The van der Waals surface area contributed by atoms with Crippen LogP contribution in [0.5, 0.6) is 5.75 Å². The molecule has 1 saturated heterocycles. The molecule has 0 bridgehead atoms. The van der Waals surface area contributed by atoms with Gasteiger partial charge in [-0.25, -0.2) is 0 Å². The van der Waals surface area contributed by atoms with Crippen molar-refractivity contribution in [3.63, 3.8) is 0 Å². The summed E-state index contributed by atoms with van der Waals surface area (Å²) in [6, 6.07) is 7.91. The molecule has 1 atom stereocenters. The van der Waals surface area contributed by atoms with Gasteiger partial charge in [0.25, 0.3) is 5.91 Å². The second-order valence-electron chi connectivity index (χ2n) is 6.30. The van der Waals surface area contributed by atoms with Gasteiger partial charge in [0.1, 0.15) is 11.4 Å². The fraction of sp³-hybridized carbons (Fsp3) is 0.333. The molecule has 4 rings (SSSR count). The first-order chi connectivity index (χ1) is 12.2. The molecule has 0 spiro atoms. The average Bonchev–Trinajstić information content (AvgIpc) is 3.30. The molecule has 3 heterocycles. The standard InChI is InChI=1S/C18H21N5O2/c1-22-16-8-14(25-2)4-3-12(16)7-17(22)18(24)23-6-5-19-15(11-23)13-9-20-21-10-13/h3-4,7-10,15,19H,5-6,11H2,1-2H3,(H,20,21). The minimum absolute atomic E-state index is 0.0488. The number of benzene rings is 1. The Balaban J connectivity index is 1.62. The highest BCUT2D eigenvalue weighted by Crippen LogP contribution is 2.25. The zero-order valence-corrected chi connectivity index (χ0v) is 14.3. The van der Waals surface area contributed by atoms with Gasteiger partial charge in [0.2, 0.25) is 0 Å². The number of nitrogens with one attached hydrogen (secondary N) is 2. The number of aryl methyl sites for hydroxylation is 1. The summed E-state index contributed by atoms with van der Waals surface area (Å²) in [5.41, 5.74) is 2.75. The van der Waals surface area contributed by atoms with Crippen molar-refractivity contribution in [2.75, 3.05) is 26.7 Å². The lowest BCUT2D eigenvalue weighted by Gasteiger charge is -2.33. The molecule has 0 aliphatic carbocycles. The molecule has 1 aliphatic rings. The van der Waals surface area contributed by atoms with E-state index in [4.69, 9.17) is 4.74 Å². The van der Waals surface area contributed by atoms with E-state index in [0.717, 1.165) is 28.8 Å². The summed E-state index contributed by atoms with van der Waals surface area (Å²) < 4.78 is 7.23. The molecule has 1 aromatic carbocycles. The number of aromatic nitrogens is 3. The number of methoxy groups -OCH3 is 1. The summed E-state index contributed by atoms with van der Waals surface area (Å²) in [4.78, 5) is 15.0. The average molecular weight is 339 g/mol. The number of carbonyl (C=O) groups excluding carboxylic acids is 1. The number of H-pyrrole nitrogens is 1. The number of piperazine rings is 1. The van der Waals surface area contributed by atoms with Crippen molar-refractivity contribution in [3.8, 4) is 5.75 Å². The molecule has 1 fully saturated rings. The number of rotatable bonds is 3. The predicted octanol–water partition coefficient (Wildman–Crippen LogP) is 1.70. The van der Waals surface area contributed by atoms with E-state index in [1.807, 2.05) is 47.0 Å². The van der Waals surface area contributed by atoms with Crippen LogP contribution in [-0.4, -0.2) is 52.3 Å². The highest BCUT2D eigenvalue weighted by Gasteiger charge is 2.27. The van der Waals surface area contributed by atoms with E-state index in [1.165, 1.54) is 0 Å². The van der Waals surface area contributed by atoms with Gasteiger partial charge in [-0.2, -0.15) is 5.10 Å². The zero-order chi connectivity index (χ0) is 17.4.